The molecule has 3 heterocycles. The van der Waals surface area contributed by atoms with Crippen molar-refractivity contribution in [3.63, 3.8) is 0 Å². The molecule has 1 atom stereocenters. The summed E-state index contributed by atoms with van der Waals surface area (Å²) in [6.07, 6.45) is 0. The number of aromatic nitrogens is 3. The summed E-state index contributed by atoms with van der Waals surface area (Å²) in [7, 11) is 0. The van der Waals surface area contributed by atoms with Gasteiger partial charge in [-0.25, -0.2) is 9.48 Å². The average molecular weight is 427 g/mol. The SMILES string of the molecule is CCOC(=O)C1=C(C)Nc2nc(SCc3ccccc3C)nn2[C@H]1c1cccs1. The summed E-state index contributed by atoms with van der Waals surface area (Å²) in [4.78, 5) is 18.4. The highest BCUT2D eigenvalue weighted by molar-refractivity contribution is 7.98. The van der Waals surface area contributed by atoms with Crippen LogP contribution in [0.3, 0.4) is 0 Å². The molecule has 3 aromatic rings. The number of ether oxygens (including phenoxy) is 1. The molecule has 1 aromatic carbocycles. The van der Waals surface area contributed by atoms with E-state index in [9.17, 15) is 4.79 Å². The molecule has 1 aliphatic heterocycles. The Morgan fingerprint density at radius 2 is 2.10 bits per heavy atom. The van der Waals surface area contributed by atoms with Gasteiger partial charge in [0.2, 0.25) is 11.1 Å². The number of fused-ring (bicyclic) bond motifs is 1. The van der Waals surface area contributed by atoms with Crippen molar-refractivity contribution >= 4 is 35.0 Å². The molecule has 0 bridgehead atoms. The van der Waals surface area contributed by atoms with Gasteiger partial charge in [-0.2, -0.15) is 4.98 Å². The molecule has 0 radical (unpaired) electrons. The van der Waals surface area contributed by atoms with Crippen molar-refractivity contribution in [2.75, 3.05) is 11.9 Å². The fraction of sp³-hybridized carbons (Fsp3) is 0.286. The Kier molecular flexibility index (Phi) is 5.73. The average Bonchev–Trinajstić information content (AvgIpc) is 3.36. The summed E-state index contributed by atoms with van der Waals surface area (Å²) in [5, 5.41) is 10.6. The van der Waals surface area contributed by atoms with Crippen LogP contribution in [-0.2, 0) is 15.3 Å². The molecule has 0 fully saturated rings. The molecule has 6 nitrogen and oxygen atoms in total. The second kappa shape index (κ2) is 8.42. The molecule has 29 heavy (non-hydrogen) atoms. The monoisotopic (exact) mass is 426 g/mol. The van der Waals surface area contributed by atoms with Crippen molar-refractivity contribution in [2.24, 2.45) is 0 Å². The van der Waals surface area contributed by atoms with E-state index in [1.807, 2.05) is 43.5 Å². The van der Waals surface area contributed by atoms with E-state index in [0.717, 1.165) is 16.3 Å². The van der Waals surface area contributed by atoms with Crippen LogP contribution in [0.15, 0.2) is 58.2 Å². The topological polar surface area (TPSA) is 69.0 Å². The zero-order valence-corrected chi connectivity index (χ0v) is 18.1. The van der Waals surface area contributed by atoms with Gasteiger partial charge in [-0.15, -0.1) is 16.4 Å². The fourth-order valence-corrected chi connectivity index (χ4v) is 5.01. The molecule has 0 saturated carbocycles. The maximum atomic E-state index is 12.7. The highest BCUT2D eigenvalue weighted by Crippen LogP contribution is 2.38. The van der Waals surface area contributed by atoms with Gasteiger partial charge in [0.25, 0.3) is 0 Å². The van der Waals surface area contributed by atoms with E-state index < -0.39 is 0 Å². The Morgan fingerprint density at radius 1 is 1.28 bits per heavy atom. The van der Waals surface area contributed by atoms with E-state index in [2.05, 4.69) is 29.4 Å². The van der Waals surface area contributed by atoms with Gasteiger partial charge < -0.3 is 10.1 Å². The number of anilines is 1. The molecule has 4 rings (SSSR count). The van der Waals surface area contributed by atoms with Crippen LogP contribution in [0.25, 0.3) is 0 Å². The van der Waals surface area contributed by atoms with Crippen molar-refractivity contribution in [3.05, 3.63) is 69.1 Å². The molecule has 0 amide bonds. The van der Waals surface area contributed by atoms with Gasteiger partial charge in [0.15, 0.2) is 0 Å². The molecule has 1 aliphatic rings. The normalized spacial score (nSPS) is 15.8. The Morgan fingerprint density at radius 3 is 2.83 bits per heavy atom. The van der Waals surface area contributed by atoms with Crippen LogP contribution >= 0.6 is 23.1 Å². The number of rotatable bonds is 6. The molecule has 8 heteroatoms. The zero-order valence-electron chi connectivity index (χ0n) is 16.5. The molecular weight excluding hydrogens is 404 g/mol. The third-order valence-electron chi connectivity index (χ3n) is 4.76. The first-order chi connectivity index (χ1) is 14.1. The maximum Gasteiger partial charge on any atom is 0.338 e. The smallest absolute Gasteiger partial charge is 0.338 e. The first-order valence-corrected chi connectivity index (χ1v) is 11.3. The standard InChI is InChI=1S/C21H22N4O2S2/c1-4-27-19(26)17-14(3)22-20-23-21(29-12-15-9-6-5-8-13(15)2)24-25(20)18(17)16-10-7-11-28-16/h5-11,18H,4,12H2,1-3H3,(H,22,23,24)/t18-/m0/s1. The van der Waals surface area contributed by atoms with Gasteiger partial charge in [-0.3, -0.25) is 0 Å². The minimum Gasteiger partial charge on any atom is -0.463 e. The van der Waals surface area contributed by atoms with Gasteiger partial charge >= 0.3 is 5.97 Å². The van der Waals surface area contributed by atoms with Crippen LogP contribution < -0.4 is 5.32 Å². The van der Waals surface area contributed by atoms with Crippen LogP contribution in [0.5, 0.6) is 0 Å². The zero-order chi connectivity index (χ0) is 20.4. The summed E-state index contributed by atoms with van der Waals surface area (Å²) in [5.74, 6) is 1.10. The van der Waals surface area contributed by atoms with Crippen molar-refractivity contribution in [3.8, 4) is 0 Å². The number of thiophene rings is 1. The van der Waals surface area contributed by atoms with E-state index in [1.165, 1.54) is 11.1 Å². The van der Waals surface area contributed by atoms with Gasteiger partial charge in [0, 0.05) is 16.3 Å². The van der Waals surface area contributed by atoms with Crippen LogP contribution in [0, 0.1) is 6.92 Å². The first kappa shape index (κ1) is 19.7. The summed E-state index contributed by atoms with van der Waals surface area (Å²) < 4.78 is 7.12. The van der Waals surface area contributed by atoms with Crippen LogP contribution in [0.2, 0.25) is 0 Å². The lowest BCUT2D eigenvalue weighted by Gasteiger charge is -2.26. The lowest BCUT2D eigenvalue weighted by Crippen LogP contribution is -2.29. The quantitative estimate of drug-likeness (QED) is 0.451. The number of aryl methyl sites for hydroxylation is 1. The Labute approximate surface area is 178 Å². The number of thioether (sulfide) groups is 1. The molecule has 0 unspecified atom stereocenters. The minimum absolute atomic E-state index is 0.328. The summed E-state index contributed by atoms with van der Waals surface area (Å²) in [6.45, 7) is 6.12. The van der Waals surface area contributed by atoms with E-state index in [0.29, 0.717) is 23.3 Å². The molecule has 0 saturated heterocycles. The first-order valence-electron chi connectivity index (χ1n) is 9.40. The van der Waals surface area contributed by atoms with Crippen molar-refractivity contribution < 1.29 is 9.53 Å². The van der Waals surface area contributed by atoms with Crippen molar-refractivity contribution in [1.82, 2.24) is 14.8 Å². The highest BCUT2D eigenvalue weighted by atomic mass is 32.2. The molecule has 1 N–H and O–H groups in total. The van der Waals surface area contributed by atoms with Gasteiger partial charge in [0.05, 0.1) is 12.2 Å². The molecule has 2 aromatic heterocycles. The third kappa shape index (κ3) is 3.95. The summed E-state index contributed by atoms with van der Waals surface area (Å²) in [6, 6.07) is 12.0. The molecular formula is C21H22N4O2S2. The number of esters is 1. The fourth-order valence-electron chi connectivity index (χ4n) is 3.29. The van der Waals surface area contributed by atoms with Crippen LogP contribution in [0.4, 0.5) is 5.95 Å². The second-order valence-corrected chi connectivity index (χ2v) is 8.60. The van der Waals surface area contributed by atoms with Gasteiger partial charge in [-0.1, -0.05) is 42.1 Å². The Bertz CT molecular complexity index is 1060. The van der Waals surface area contributed by atoms with Gasteiger partial charge in [-0.05, 0) is 43.3 Å². The van der Waals surface area contributed by atoms with Crippen LogP contribution in [-0.4, -0.2) is 27.3 Å². The van der Waals surface area contributed by atoms with Crippen LogP contribution in [0.1, 0.15) is 35.9 Å². The number of nitrogens with one attached hydrogen (secondary N) is 1. The number of carbonyl (C=O) groups excluding carboxylic acids is 1. The highest BCUT2D eigenvalue weighted by Gasteiger charge is 2.35. The lowest BCUT2D eigenvalue weighted by molar-refractivity contribution is -0.139. The minimum atomic E-state index is -0.342. The Hall–Kier alpha value is -2.58. The van der Waals surface area contributed by atoms with Crippen molar-refractivity contribution in [2.45, 2.75) is 37.7 Å². The number of allylic oxidation sites excluding steroid dienone is 1. The number of hydrogen-bond acceptors (Lipinski definition) is 7. The summed E-state index contributed by atoms with van der Waals surface area (Å²) >= 11 is 3.18. The van der Waals surface area contributed by atoms with E-state index in [1.54, 1.807) is 27.8 Å². The predicted octanol–water partition coefficient (Wildman–Crippen LogP) is 4.79. The van der Waals surface area contributed by atoms with E-state index in [4.69, 9.17) is 9.84 Å². The van der Waals surface area contributed by atoms with E-state index in [-0.39, 0.29) is 12.0 Å². The second-order valence-electron chi connectivity index (χ2n) is 6.68. The number of nitrogens with zero attached hydrogens (tertiary/aromatic N) is 3. The number of hydrogen-bond donors (Lipinski definition) is 1. The predicted molar refractivity (Wildman–Crippen MR) is 116 cm³/mol. The third-order valence-corrected chi connectivity index (χ3v) is 6.57. The number of carbonyl (C=O) groups is 1. The molecule has 150 valence electrons. The molecule has 0 spiro atoms. The molecule has 0 aliphatic carbocycles. The van der Waals surface area contributed by atoms with Crippen molar-refractivity contribution in [1.29, 1.82) is 0 Å². The van der Waals surface area contributed by atoms with Gasteiger partial charge in [0.1, 0.15) is 6.04 Å². The summed E-state index contributed by atoms with van der Waals surface area (Å²) in [5.41, 5.74) is 3.83. The maximum absolute atomic E-state index is 12.7. The van der Waals surface area contributed by atoms with E-state index >= 15 is 0 Å². The lowest BCUT2D eigenvalue weighted by atomic mass is 10.0. The largest absolute Gasteiger partial charge is 0.463 e. The number of benzene rings is 1. The Balaban J connectivity index is 1.66.